The van der Waals surface area contributed by atoms with Crippen molar-refractivity contribution >= 4 is 34.5 Å². The summed E-state index contributed by atoms with van der Waals surface area (Å²) in [7, 11) is 2.17. The van der Waals surface area contributed by atoms with Crippen molar-refractivity contribution in [2.24, 2.45) is 0 Å². The van der Waals surface area contributed by atoms with E-state index in [1.54, 1.807) is 23.5 Å². The molecule has 0 radical (unpaired) electrons. The third-order valence-electron chi connectivity index (χ3n) is 5.22. The standard InChI is InChI=1S/C23H25ClN4OS/c1-27-9-11-28(12-10-27)15-17-5-4-6-18(13-17)23-25-19(16-30-23)14-22(29)26-21-8-3-2-7-20(21)24/h2-8,13,16H,9-12,14-15H2,1H3,(H,26,29). The summed E-state index contributed by atoms with van der Waals surface area (Å²) in [5.74, 6) is -0.122. The number of nitrogens with one attached hydrogen (secondary N) is 1. The molecule has 2 heterocycles. The summed E-state index contributed by atoms with van der Waals surface area (Å²) in [6.07, 6.45) is 0.225. The van der Waals surface area contributed by atoms with E-state index in [1.165, 1.54) is 5.56 Å². The van der Waals surface area contributed by atoms with Crippen LogP contribution in [0, 0.1) is 0 Å². The van der Waals surface area contributed by atoms with Gasteiger partial charge in [-0.25, -0.2) is 4.98 Å². The number of carbonyl (C=O) groups is 1. The second-order valence-corrected chi connectivity index (χ2v) is 8.89. The van der Waals surface area contributed by atoms with Crippen LogP contribution < -0.4 is 5.32 Å². The van der Waals surface area contributed by atoms with Gasteiger partial charge in [-0.2, -0.15) is 0 Å². The minimum atomic E-state index is -0.122. The summed E-state index contributed by atoms with van der Waals surface area (Å²) in [6.45, 7) is 5.39. The zero-order valence-corrected chi connectivity index (χ0v) is 18.5. The van der Waals surface area contributed by atoms with Crippen molar-refractivity contribution in [3.63, 3.8) is 0 Å². The highest BCUT2D eigenvalue weighted by Gasteiger charge is 2.15. The van der Waals surface area contributed by atoms with E-state index in [0.29, 0.717) is 10.7 Å². The van der Waals surface area contributed by atoms with E-state index >= 15 is 0 Å². The molecular formula is C23H25ClN4OS. The van der Waals surface area contributed by atoms with Crippen LogP contribution in [-0.4, -0.2) is 53.9 Å². The highest BCUT2D eigenvalue weighted by Crippen LogP contribution is 2.26. The molecule has 5 nitrogen and oxygen atoms in total. The first kappa shape index (κ1) is 21.0. The SMILES string of the molecule is CN1CCN(Cc2cccc(-c3nc(CC(=O)Nc4ccccc4Cl)cs3)c2)CC1. The Morgan fingerprint density at radius 2 is 1.93 bits per heavy atom. The molecule has 0 atom stereocenters. The fraction of sp³-hybridized carbons (Fsp3) is 0.304. The van der Waals surface area contributed by atoms with Gasteiger partial charge in [-0.3, -0.25) is 9.69 Å². The minimum absolute atomic E-state index is 0.122. The molecule has 1 aliphatic rings. The van der Waals surface area contributed by atoms with Crippen LogP contribution in [0.2, 0.25) is 5.02 Å². The van der Waals surface area contributed by atoms with Crippen LogP contribution in [0.5, 0.6) is 0 Å². The van der Waals surface area contributed by atoms with Crippen LogP contribution in [0.15, 0.2) is 53.9 Å². The molecule has 3 aromatic rings. The van der Waals surface area contributed by atoms with Crippen molar-refractivity contribution in [2.75, 3.05) is 38.5 Å². The van der Waals surface area contributed by atoms with Gasteiger partial charge in [0.2, 0.25) is 5.91 Å². The summed E-state index contributed by atoms with van der Waals surface area (Å²) in [5.41, 5.74) is 3.79. The molecule has 0 saturated carbocycles. The average molecular weight is 441 g/mol. The van der Waals surface area contributed by atoms with Gasteiger partial charge in [0, 0.05) is 43.7 Å². The van der Waals surface area contributed by atoms with E-state index in [9.17, 15) is 4.79 Å². The maximum Gasteiger partial charge on any atom is 0.230 e. The maximum atomic E-state index is 12.4. The molecule has 0 bridgehead atoms. The predicted octanol–water partition coefficient (Wildman–Crippen LogP) is 4.39. The van der Waals surface area contributed by atoms with Crippen LogP contribution in [0.25, 0.3) is 10.6 Å². The van der Waals surface area contributed by atoms with E-state index < -0.39 is 0 Å². The Morgan fingerprint density at radius 3 is 2.73 bits per heavy atom. The van der Waals surface area contributed by atoms with Gasteiger partial charge in [0.1, 0.15) is 5.01 Å². The zero-order chi connectivity index (χ0) is 20.9. The van der Waals surface area contributed by atoms with Gasteiger partial charge >= 0.3 is 0 Å². The lowest BCUT2D eigenvalue weighted by Crippen LogP contribution is -2.43. The van der Waals surface area contributed by atoms with Crippen molar-refractivity contribution in [3.8, 4) is 10.6 Å². The molecular weight excluding hydrogens is 416 g/mol. The normalized spacial score (nSPS) is 15.3. The van der Waals surface area contributed by atoms with Crippen LogP contribution in [-0.2, 0) is 17.8 Å². The molecule has 4 rings (SSSR count). The first-order valence-corrected chi connectivity index (χ1v) is 11.3. The largest absolute Gasteiger partial charge is 0.324 e. The molecule has 1 N–H and O–H groups in total. The zero-order valence-electron chi connectivity index (χ0n) is 17.0. The van der Waals surface area contributed by atoms with Gasteiger partial charge < -0.3 is 10.2 Å². The van der Waals surface area contributed by atoms with Crippen molar-refractivity contribution < 1.29 is 4.79 Å². The van der Waals surface area contributed by atoms with Gasteiger partial charge in [0.05, 0.1) is 22.8 Å². The number of carbonyl (C=O) groups excluding carboxylic acids is 1. The van der Waals surface area contributed by atoms with E-state index in [-0.39, 0.29) is 12.3 Å². The highest BCUT2D eigenvalue weighted by molar-refractivity contribution is 7.13. The van der Waals surface area contributed by atoms with Crippen LogP contribution in [0.4, 0.5) is 5.69 Å². The number of para-hydroxylation sites is 1. The molecule has 1 aliphatic heterocycles. The first-order valence-electron chi connectivity index (χ1n) is 10.1. The average Bonchev–Trinajstić information content (AvgIpc) is 3.20. The molecule has 30 heavy (non-hydrogen) atoms. The highest BCUT2D eigenvalue weighted by atomic mass is 35.5. The lowest BCUT2D eigenvalue weighted by molar-refractivity contribution is -0.115. The fourth-order valence-electron chi connectivity index (χ4n) is 3.51. The number of halogens is 1. The Morgan fingerprint density at radius 1 is 1.13 bits per heavy atom. The van der Waals surface area contributed by atoms with Crippen LogP contribution >= 0.6 is 22.9 Å². The molecule has 0 unspecified atom stereocenters. The summed E-state index contributed by atoms with van der Waals surface area (Å²) >= 11 is 7.68. The van der Waals surface area contributed by atoms with Crippen LogP contribution in [0.3, 0.4) is 0 Å². The molecule has 156 valence electrons. The smallest absolute Gasteiger partial charge is 0.230 e. The molecule has 1 saturated heterocycles. The minimum Gasteiger partial charge on any atom is -0.324 e. The number of anilines is 1. The van der Waals surface area contributed by atoms with E-state index in [0.717, 1.165) is 49.0 Å². The molecule has 1 amide bonds. The Labute approximate surface area is 186 Å². The number of thiazole rings is 1. The number of nitrogens with zero attached hydrogens (tertiary/aromatic N) is 3. The Bertz CT molecular complexity index is 1010. The van der Waals surface area contributed by atoms with E-state index in [1.807, 2.05) is 17.5 Å². The lowest BCUT2D eigenvalue weighted by Gasteiger charge is -2.32. The quantitative estimate of drug-likeness (QED) is 0.617. The van der Waals surface area contributed by atoms with Gasteiger partial charge in [-0.1, -0.05) is 41.9 Å². The van der Waals surface area contributed by atoms with Crippen LogP contribution in [0.1, 0.15) is 11.3 Å². The number of likely N-dealkylation sites (N-methyl/N-ethyl adjacent to an activating group) is 1. The Hall–Kier alpha value is -2.25. The predicted molar refractivity (Wildman–Crippen MR) is 124 cm³/mol. The number of hydrogen-bond acceptors (Lipinski definition) is 5. The molecule has 1 aromatic heterocycles. The van der Waals surface area contributed by atoms with Crippen molar-refractivity contribution in [1.82, 2.24) is 14.8 Å². The summed E-state index contributed by atoms with van der Waals surface area (Å²) < 4.78 is 0. The number of piperazine rings is 1. The third-order valence-corrected chi connectivity index (χ3v) is 6.49. The topological polar surface area (TPSA) is 48.5 Å². The van der Waals surface area contributed by atoms with E-state index in [2.05, 4.69) is 51.4 Å². The molecule has 2 aromatic carbocycles. The number of aromatic nitrogens is 1. The monoisotopic (exact) mass is 440 g/mol. The van der Waals surface area contributed by atoms with Gasteiger partial charge in [-0.05, 0) is 30.8 Å². The Balaban J connectivity index is 1.39. The van der Waals surface area contributed by atoms with Crippen molar-refractivity contribution in [1.29, 1.82) is 0 Å². The number of benzene rings is 2. The lowest BCUT2D eigenvalue weighted by atomic mass is 10.1. The molecule has 0 aliphatic carbocycles. The maximum absolute atomic E-state index is 12.4. The van der Waals surface area contributed by atoms with E-state index in [4.69, 9.17) is 11.6 Å². The second-order valence-electron chi connectivity index (χ2n) is 7.63. The number of rotatable bonds is 6. The first-order chi connectivity index (χ1) is 14.6. The molecule has 1 fully saturated rings. The summed E-state index contributed by atoms with van der Waals surface area (Å²) in [6, 6.07) is 15.8. The summed E-state index contributed by atoms with van der Waals surface area (Å²) in [5, 5.41) is 6.27. The molecule has 0 spiro atoms. The third kappa shape index (κ3) is 5.46. The fourth-order valence-corrected chi connectivity index (χ4v) is 4.51. The van der Waals surface area contributed by atoms with Crippen molar-refractivity contribution in [3.05, 3.63) is 70.2 Å². The van der Waals surface area contributed by atoms with Gasteiger partial charge in [0.15, 0.2) is 0 Å². The van der Waals surface area contributed by atoms with Crippen molar-refractivity contribution in [2.45, 2.75) is 13.0 Å². The number of amides is 1. The van der Waals surface area contributed by atoms with Gasteiger partial charge in [-0.15, -0.1) is 11.3 Å². The summed E-state index contributed by atoms with van der Waals surface area (Å²) in [4.78, 5) is 21.9. The second kappa shape index (κ2) is 9.71. The number of hydrogen-bond donors (Lipinski definition) is 1. The Kier molecular flexibility index (Phi) is 6.79. The molecule has 7 heteroatoms. The van der Waals surface area contributed by atoms with Gasteiger partial charge in [0.25, 0.3) is 0 Å².